The predicted octanol–water partition coefficient (Wildman–Crippen LogP) is 2.39. The van der Waals surface area contributed by atoms with Gasteiger partial charge in [0, 0.05) is 6.54 Å². The summed E-state index contributed by atoms with van der Waals surface area (Å²) in [4.78, 5) is 1.59. The fraction of sp³-hybridized carbons (Fsp3) is 0.455. The zero-order valence-corrected chi connectivity index (χ0v) is 8.91. The quantitative estimate of drug-likeness (QED) is 0.747. The molecule has 1 aromatic rings. The van der Waals surface area contributed by atoms with Crippen LogP contribution in [-0.4, -0.2) is 32.0 Å². The Hall–Kier alpha value is -1.16. The fourth-order valence-corrected chi connectivity index (χ4v) is 1.34. The molecule has 0 radical (unpaired) electrons. The Morgan fingerprint density at radius 1 is 1.27 bits per heavy atom. The van der Waals surface area contributed by atoms with Crippen molar-refractivity contribution in [2.75, 3.05) is 20.7 Å². The largest absolute Gasteiger partial charge is 0.497 e. The number of rotatable bonds is 5. The first kappa shape index (κ1) is 11.9. The molecule has 84 valence electrons. The molecule has 0 atom stereocenters. The number of hydrogen-bond acceptors (Lipinski definition) is 2. The second kappa shape index (κ2) is 5.66. The second-order valence-electron chi connectivity index (χ2n) is 3.44. The Bertz CT molecular complexity index is 287. The van der Waals surface area contributed by atoms with E-state index in [0.717, 1.165) is 11.3 Å². The molecule has 0 saturated carbocycles. The second-order valence-corrected chi connectivity index (χ2v) is 3.44. The minimum absolute atomic E-state index is 0.202. The van der Waals surface area contributed by atoms with Gasteiger partial charge in [-0.1, -0.05) is 12.1 Å². The van der Waals surface area contributed by atoms with Crippen molar-refractivity contribution in [3.8, 4) is 5.75 Å². The maximum atomic E-state index is 12.0. The van der Waals surface area contributed by atoms with E-state index in [1.807, 2.05) is 24.3 Å². The number of halogens is 2. The smallest absolute Gasteiger partial charge is 0.251 e. The first-order chi connectivity index (χ1) is 7.11. The lowest BCUT2D eigenvalue weighted by molar-refractivity contribution is 0.0975. The maximum Gasteiger partial charge on any atom is 0.251 e. The van der Waals surface area contributed by atoms with E-state index >= 15 is 0 Å². The zero-order chi connectivity index (χ0) is 11.3. The van der Waals surface area contributed by atoms with Crippen LogP contribution in [0.1, 0.15) is 5.56 Å². The lowest BCUT2D eigenvalue weighted by Gasteiger charge is -2.15. The molecule has 0 spiro atoms. The molecule has 0 saturated heterocycles. The molecule has 15 heavy (non-hydrogen) atoms. The lowest BCUT2D eigenvalue weighted by atomic mass is 10.2. The summed E-state index contributed by atoms with van der Waals surface area (Å²) in [6.07, 6.45) is -2.28. The molecule has 0 bridgehead atoms. The van der Waals surface area contributed by atoms with Gasteiger partial charge in [-0.3, -0.25) is 4.90 Å². The van der Waals surface area contributed by atoms with Crippen LogP contribution in [-0.2, 0) is 6.54 Å². The van der Waals surface area contributed by atoms with Crippen LogP contribution in [0, 0.1) is 0 Å². The summed E-state index contributed by atoms with van der Waals surface area (Å²) >= 11 is 0. The van der Waals surface area contributed by atoms with Gasteiger partial charge in [-0.25, -0.2) is 8.78 Å². The van der Waals surface area contributed by atoms with E-state index in [2.05, 4.69) is 0 Å². The summed E-state index contributed by atoms with van der Waals surface area (Å²) in [5, 5.41) is 0. The molecule has 0 aliphatic heterocycles. The molecule has 4 heteroatoms. The van der Waals surface area contributed by atoms with Crippen LogP contribution in [0.15, 0.2) is 24.3 Å². The molecular formula is C11H15F2NO. The van der Waals surface area contributed by atoms with Gasteiger partial charge in [-0.2, -0.15) is 0 Å². The van der Waals surface area contributed by atoms with Gasteiger partial charge in [-0.05, 0) is 24.7 Å². The Labute approximate surface area is 88.5 Å². The number of nitrogens with zero attached hydrogens (tertiary/aromatic N) is 1. The van der Waals surface area contributed by atoms with E-state index in [4.69, 9.17) is 4.74 Å². The number of alkyl halides is 2. The van der Waals surface area contributed by atoms with Crippen molar-refractivity contribution in [2.45, 2.75) is 13.0 Å². The molecule has 0 fully saturated rings. The maximum absolute atomic E-state index is 12.0. The van der Waals surface area contributed by atoms with Crippen molar-refractivity contribution in [1.82, 2.24) is 4.90 Å². The molecular weight excluding hydrogens is 200 g/mol. The van der Waals surface area contributed by atoms with Crippen LogP contribution in [0.5, 0.6) is 5.75 Å². The molecule has 2 nitrogen and oxygen atoms in total. The van der Waals surface area contributed by atoms with Crippen LogP contribution in [0.4, 0.5) is 8.78 Å². The molecule has 0 aromatic heterocycles. The van der Waals surface area contributed by atoms with Gasteiger partial charge in [0.25, 0.3) is 6.43 Å². The third-order valence-corrected chi connectivity index (χ3v) is 2.06. The van der Waals surface area contributed by atoms with E-state index in [-0.39, 0.29) is 6.54 Å². The van der Waals surface area contributed by atoms with Crippen molar-refractivity contribution in [3.63, 3.8) is 0 Å². The highest BCUT2D eigenvalue weighted by Crippen LogP contribution is 2.12. The Morgan fingerprint density at radius 2 is 1.87 bits per heavy atom. The summed E-state index contributed by atoms with van der Waals surface area (Å²) in [5.41, 5.74) is 0.999. The minimum Gasteiger partial charge on any atom is -0.497 e. The van der Waals surface area contributed by atoms with Crippen LogP contribution in [0.3, 0.4) is 0 Å². The molecule has 0 amide bonds. The minimum atomic E-state index is -2.28. The van der Waals surface area contributed by atoms with E-state index in [1.165, 1.54) is 0 Å². The zero-order valence-electron chi connectivity index (χ0n) is 8.91. The molecule has 0 N–H and O–H groups in total. The van der Waals surface area contributed by atoms with E-state index < -0.39 is 6.43 Å². The summed E-state index contributed by atoms with van der Waals surface area (Å²) in [5.74, 6) is 0.773. The normalized spacial score (nSPS) is 11.1. The lowest BCUT2D eigenvalue weighted by Crippen LogP contribution is -2.23. The Kier molecular flexibility index (Phi) is 4.49. The van der Waals surface area contributed by atoms with Gasteiger partial charge >= 0.3 is 0 Å². The molecule has 1 rings (SSSR count). The van der Waals surface area contributed by atoms with Crippen molar-refractivity contribution < 1.29 is 13.5 Å². The van der Waals surface area contributed by atoms with Crippen molar-refractivity contribution >= 4 is 0 Å². The summed E-state index contributed by atoms with van der Waals surface area (Å²) in [6.45, 7) is 0.320. The fourth-order valence-electron chi connectivity index (χ4n) is 1.34. The highest BCUT2D eigenvalue weighted by molar-refractivity contribution is 5.26. The van der Waals surface area contributed by atoms with Crippen molar-refractivity contribution in [1.29, 1.82) is 0 Å². The van der Waals surface area contributed by atoms with Crippen LogP contribution in [0.2, 0.25) is 0 Å². The summed E-state index contributed by atoms with van der Waals surface area (Å²) in [7, 11) is 3.27. The molecule has 0 unspecified atom stereocenters. The van der Waals surface area contributed by atoms with Crippen molar-refractivity contribution in [2.24, 2.45) is 0 Å². The number of ether oxygens (including phenoxy) is 1. The standard InChI is InChI=1S/C11H15F2NO/c1-14(8-11(12)13)7-9-3-5-10(15-2)6-4-9/h3-6,11H,7-8H2,1-2H3. The monoisotopic (exact) mass is 215 g/mol. The summed E-state index contributed by atoms with van der Waals surface area (Å²) < 4.78 is 29.1. The van der Waals surface area contributed by atoms with Gasteiger partial charge in [0.1, 0.15) is 5.75 Å². The van der Waals surface area contributed by atoms with Gasteiger partial charge in [-0.15, -0.1) is 0 Å². The van der Waals surface area contributed by atoms with Crippen LogP contribution < -0.4 is 4.74 Å². The van der Waals surface area contributed by atoms with Crippen molar-refractivity contribution in [3.05, 3.63) is 29.8 Å². The van der Waals surface area contributed by atoms with Crippen LogP contribution in [0.25, 0.3) is 0 Å². The third-order valence-electron chi connectivity index (χ3n) is 2.06. The highest BCUT2D eigenvalue weighted by atomic mass is 19.3. The molecule has 0 aliphatic rings. The SMILES string of the molecule is COc1ccc(CN(C)CC(F)F)cc1. The molecule has 1 aromatic carbocycles. The van der Waals surface area contributed by atoms with E-state index in [1.54, 1.807) is 19.1 Å². The van der Waals surface area contributed by atoms with E-state index in [0.29, 0.717) is 6.54 Å². The predicted molar refractivity (Wildman–Crippen MR) is 55.3 cm³/mol. The number of benzene rings is 1. The highest BCUT2D eigenvalue weighted by Gasteiger charge is 2.07. The van der Waals surface area contributed by atoms with Gasteiger partial charge < -0.3 is 4.74 Å². The first-order valence-corrected chi connectivity index (χ1v) is 4.71. The number of hydrogen-bond donors (Lipinski definition) is 0. The van der Waals surface area contributed by atoms with Gasteiger partial charge in [0.05, 0.1) is 13.7 Å². The molecule has 0 aliphatic carbocycles. The van der Waals surface area contributed by atoms with Gasteiger partial charge in [0.15, 0.2) is 0 Å². The first-order valence-electron chi connectivity index (χ1n) is 4.71. The average molecular weight is 215 g/mol. The summed E-state index contributed by atoms with van der Waals surface area (Å²) in [6, 6.07) is 7.40. The third kappa shape index (κ3) is 4.25. The molecule has 0 heterocycles. The van der Waals surface area contributed by atoms with Crippen LogP contribution >= 0.6 is 0 Å². The average Bonchev–Trinajstić information content (AvgIpc) is 2.17. The topological polar surface area (TPSA) is 12.5 Å². The Balaban J connectivity index is 2.49. The van der Waals surface area contributed by atoms with E-state index in [9.17, 15) is 8.78 Å². The Morgan fingerprint density at radius 3 is 2.33 bits per heavy atom. The van der Waals surface area contributed by atoms with Gasteiger partial charge in [0.2, 0.25) is 0 Å². The number of methoxy groups -OCH3 is 1.